The van der Waals surface area contributed by atoms with Gasteiger partial charge in [-0.1, -0.05) is 12.1 Å². The first-order chi connectivity index (χ1) is 10.1. The minimum absolute atomic E-state index is 0.0620. The van der Waals surface area contributed by atoms with E-state index in [9.17, 15) is 8.42 Å². The number of nitrogens with two attached hydrogens (primary N) is 1. The van der Waals surface area contributed by atoms with Crippen LogP contribution in [0.5, 0.6) is 5.75 Å². The zero-order chi connectivity index (χ0) is 15.1. The van der Waals surface area contributed by atoms with Crippen LogP contribution in [0.2, 0.25) is 0 Å². The van der Waals surface area contributed by atoms with Crippen LogP contribution < -0.4 is 15.2 Å². The van der Waals surface area contributed by atoms with E-state index in [1.54, 1.807) is 24.3 Å². The van der Waals surface area contributed by atoms with Gasteiger partial charge in [0.15, 0.2) is 0 Å². The standard InChI is InChI=1S/C14H22N2O4S/c15-13-3-1-2-4-14(13)20-9-10-21(17,18)16-7-8-19-11-12-5-6-12/h1-4,12,16H,5-11,15H2. The highest BCUT2D eigenvalue weighted by Gasteiger charge is 2.21. The highest BCUT2D eigenvalue weighted by atomic mass is 32.2. The van der Waals surface area contributed by atoms with Crippen molar-refractivity contribution in [3.05, 3.63) is 24.3 Å². The molecule has 0 radical (unpaired) electrons. The monoisotopic (exact) mass is 314 g/mol. The van der Waals surface area contributed by atoms with Gasteiger partial charge in [0, 0.05) is 13.2 Å². The molecule has 0 saturated heterocycles. The van der Waals surface area contributed by atoms with Crippen LogP contribution in [0.15, 0.2) is 24.3 Å². The fourth-order valence-electron chi connectivity index (χ4n) is 1.75. The fraction of sp³-hybridized carbons (Fsp3) is 0.571. The largest absolute Gasteiger partial charge is 0.490 e. The Kier molecular flexibility index (Phi) is 5.84. The molecule has 0 atom stereocenters. The Morgan fingerprint density at radius 2 is 2.00 bits per heavy atom. The van der Waals surface area contributed by atoms with Crippen molar-refractivity contribution in [1.82, 2.24) is 4.72 Å². The summed E-state index contributed by atoms with van der Waals surface area (Å²) in [4.78, 5) is 0. The second-order valence-electron chi connectivity index (χ2n) is 5.12. The number of rotatable bonds is 10. The van der Waals surface area contributed by atoms with Crippen molar-refractivity contribution < 1.29 is 17.9 Å². The van der Waals surface area contributed by atoms with E-state index >= 15 is 0 Å². The van der Waals surface area contributed by atoms with E-state index in [1.165, 1.54) is 12.8 Å². The van der Waals surface area contributed by atoms with Crippen molar-refractivity contribution in [1.29, 1.82) is 0 Å². The minimum atomic E-state index is -3.35. The van der Waals surface area contributed by atoms with E-state index in [4.69, 9.17) is 15.2 Å². The molecule has 0 amide bonds. The number of hydrogen-bond donors (Lipinski definition) is 2. The lowest BCUT2D eigenvalue weighted by Gasteiger charge is -2.10. The van der Waals surface area contributed by atoms with Gasteiger partial charge in [0.25, 0.3) is 0 Å². The molecule has 3 N–H and O–H groups in total. The molecule has 21 heavy (non-hydrogen) atoms. The Hall–Kier alpha value is -1.31. The molecule has 6 nitrogen and oxygen atoms in total. The van der Waals surface area contributed by atoms with E-state index in [-0.39, 0.29) is 12.4 Å². The topological polar surface area (TPSA) is 90.7 Å². The molecule has 1 aromatic rings. The molecule has 0 bridgehead atoms. The third-order valence-electron chi connectivity index (χ3n) is 3.15. The van der Waals surface area contributed by atoms with Crippen LogP contribution in [0, 0.1) is 5.92 Å². The SMILES string of the molecule is Nc1ccccc1OCCS(=O)(=O)NCCOCC1CC1. The van der Waals surface area contributed by atoms with Crippen LogP contribution in [-0.2, 0) is 14.8 Å². The molecular weight excluding hydrogens is 292 g/mol. The maximum atomic E-state index is 11.7. The Bertz CT molecular complexity index is 544. The van der Waals surface area contributed by atoms with E-state index in [0.717, 1.165) is 6.61 Å². The predicted octanol–water partition coefficient (Wildman–Crippen LogP) is 0.994. The summed E-state index contributed by atoms with van der Waals surface area (Å²) < 4.78 is 36.7. The van der Waals surface area contributed by atoms with Crippen molar-refractivity contribution in [2.45, 2.75) is 12.8 Å². The Morgan fingerprint density at radius 1 is 1.24 bits per heavy atom. The van der Waals surface area contributed by atoms with Crippen molar-refractivity contribution in [2.75, 3.05) is 37.9 Å². The molecule has 1 aliphatic rings. The average molecular weight is 314 g/mol. The highest BCUT2D eigenvalue weighted by molar-refractivity contribution is 7.89. The summed E-state index contributed by atoms with van der Waals surface area (Å²) in [5.41, 5.74) is 6.20. The Labute approximate surface area is 125 Å². The maximum Gasteiger partial charge on any atom is 0.215 e. The third-order valence-corrected chi connectivity index (χ3v) is 4.50. The first-order valence-corrected chi connectivity index (χ1v) is 8.74. The van der Waals surface area contributed by atoms with Crippen molar-refractivity contribution in [3.8, 4) is 5.75 Å². The van der Waals surface area contributed by atoms with Crippen LogP contribution in [-0.4, -0.2) is 40.5 Å². The quantitative estimate of drug-likeness (QED) is 0.496. The molecule has 1 aromatic carbocycles. The Balaban J connectivity index is 1.60. The summed E-state index contributed by atoms with van der Waals surface area (Å²) in [5.74, 6) is 1.08. The number of nitrogen functional groups attached to an aromatic ring is 1. The molecular formula is C14H22N2O4S. The normalized spacial score (nSPS) is 15.0. The molecule has 0 heterocycles. The molecule has 2 rings (SSSR count). The van der Waals surface area contributed by atoms with Crippen LogP contribution in [0.4, 0.5) is 5.69 Å². The third kappa shape index (κ3) is 6.33. The lowest BCUT2D eigenvalue weighted by atomic mass is 10.3. The van der Waals surface area contributed by atoms with Gasteiger partial charge in [0.1, 0.15) is 12.4 Å². The van der Waals surface area contributed by atoms with E-state index in [1.807, 2.05) is 0 Å². The second-order valence-corrected chi connectivity index (χ2v) is 7.04. The van der Waals surface area contributed by atoms with E-state index in [0.29, 0.717) is 30.5 Å². The van der Waals surface area contributed by atoms with Crippen LogP contribution in [0.3, 0.4) is 0 Å². The zero-order valence-corrected chi connectivity index (χ0v) is 12.8. The van der Waals surface area contributed by atoms with Crippen molar-refractivity contribution >= 4 is 15.7 Å². The number of benzene rings is 1. The smallest absolute Gasteiger partial charge is 0.215 e. The van der Waals surface area contributed by atoms with Gasteiger partial charge in [-0.2, -0.15) is 0 Å². The summed E-state index contributed by atoms with van der Waals surface area (Å²) in [6.45, 7) is 1.50. The molecule has 7 heteroatoms. The first-order valence-electron chi connectivity index (χ1n) is 7.09. The molecule has 1 aliphatic carbocycles. The maximum absolute atomic E-state index is 11.7. The number of anilines is 1. The lowest BCUT2D eigenvalue weighted by Crippen LogP contribution is -2.31. The summed E-state index contributed by atoms with van der Waals surface area (Å²) in [7, 11) is -3.35. The molecule has 0 spiro atoms. The molecule has 0 aliphatic heterocycles. The van der Waals surface area contributed by atoms with E-state index in [2.05, 4.69) is 4.72 Å². The summed E-state index contributed by atoms with van der Waals surface area (Å²) in [6.07, 6.45) is 2.46. The fourth-order valence-corrected chi connectivity index (χ4v) is 2.59. The molecule has 1 fully saturated rings. The number of para-hydroxylation sites is 2. The molecule has 0 aromatic heterocycles. The van der Waals surface area contributed by atoms with Gasteiger partial charge in [-0.05, 0) is 30.9 Å². The van der Waals surface area contributed by atoms with Crippen LogP contribution >= 0.6 is 0 Å². The average Bonchev–Trinajstić information content (AvgIpc) is 3.24. The van der Waals surface area contributed by atoms with Crippen molar-refractivity contribution in [2.24, 2.45) is 5.92 Å². The lowest BCUT2D eigenvalue weighted by molar-refractivity contribution is 0.129. The van der Waals surface area contributed by atoms with Crippen LogP contribution in [0.25, 0.3) is 0 Å². The summed E-state index contributed by atoms with van der Waals surface area (Å²) in [6, 6.07) is 7.00. The summed E-state index contributed by atoms with van der Waals surface area (Å²) in [5, 5.41) is 0. The van der Waals surface area contributed by atoms with Crippen LogP contribution in [0.1, 0.15) is 12.8 Å². The first kappa shape index (κ1) is 16.1. The number of ether oxygens (including phenoxy) is 2. The van der Waals surface area contributed by atoms with Gasteiger partial charge in [-0.15, -0.1) is 0 Å². The van der Waals surface area contributed by atoms with Gasteiger partial charge >= 0.3 is 0 Å². The molecule has 1 saturated carbocycles. The van der Waals surface area contributed by atoms with Gasteiger partial charge in [-0.25, -0.2) is 13.1 Å². The predicted molar refractivity (Wildman–Crippen MR) is 81.7 cm³/mol. The van der Waals surface area contributed by atoms with Gasteiger partial charge < -0.3 is 15.2 Å². The second kappa shape index (κ2) is 7.63. The van der Waals surface area contributed by atoms with E-state index < -0.39 is 10.0 Å². The highest BCUT2D eigenvalue weighted by Crippen LogP contribution is 2.28. The number of hydrogen-bond acceptors (Lipinski definition) is 5. The van der Waals surface area contributed by atoms with Crippen molar-refractivity contribution in [3.63, 3.8) is 0 Å². The number of nitrogens with one attached hydrogen (secondary N) is 1. The Morgan fingerprint density at radius 3 is 2.71 bits per heavy atom. The summed E-state index contributed by atoms with van der Waals surface area (Å²) >= 11 is 0. The number of sulfonamides is 1. The van der Waals surface area contributed by atoms with Gasteiger partial charge in [-0.3, -0.25) is 0 Å². The van der Waals surface area contributed by atoms with Gasteiger partial charge in [0.05, 0.1) is 18.0 Å². The molecule has 118 valence electrons. The van der Waals surface area contributed by atoms with Gasteiger partial charge in [0.2, 0.25) is 10.0 Å². The molecule has 0 unspecified atom stereocenters. The minimum Gasteiger partial charge on any atom is -0.490 e. The zero-order valence-electron chi connectivity index (χ0n) is 12.0.